The Hall–Kier alpha value is -1.28. The Labute approximate surface area is 165 Å². The summed E-state index contributed by atoms with van der Waals surface area (Å²) in [5.74, 6) is 1.73. The molecule has 0 amide bonds. The van der Waals surface area contributed by atoms with Crippen LogP contribution in [0.15, 0.2) is 40.7 Å². The number of aryl methyl sites for hydroxylation is 1. The normalized spacial score (nSPS) is 10.9. The van der Waals surface area contributed by atoms with E-state index in [9.17, 15) is 0 Å². The molecule has 1 aromatic carbocycles. The summed E-state index contributed by atoms with van der Waals surface area (Å²) in [6, 6.07) is 10.2. The molecule has 2 aromatic rings. The van der Waals surface area contributed by atoms with Crippen molar-refractivity contribution in [3.63, 3.8) is 0 Å². The summed E-state index contributed by atoms with van der Waals surface area (Å²) in [7, 11) is 0. The van der Waals surface area contributed by atoms with E-state index in [0.717, 1.165) is 30.4 Å². The quantitative estimate of drug-likeness (QED) is 0.368. The van der Waals surface area contributed by atoms with Gasteiger partial charge < -0.3 is 15.4 Å². The van der Waals surface area contributed by atoms with Crippen molar-refractivity contribution in [1.82, 2.24) is 10.6 Å². The Kier molecular flexibility index (Phi) is 9.78. The highest BCUT2D eigenvalue weighted by atomic mass is 127. The molecule has 0 saturated heterocycles. The van der Waals surface area contributed by atoms with Crippen molar-refractivity contribution in [2.75, 3.05) is 13.2 Å². The molecule has 0 saturated carbocycles. The molecule has 0 fully saturated rings. The van der Waals surface area contributed by atoms with E-state index in [0.29, 0.717) is 13.2 Å². The lowest BCUT2D eigenvalue weighted by molar-refractivity contribution is 0.336. The minimum absolute atomic E-state index is 0. The van der Waals surface area contributed by atoms with E-state index in [2.05, 4.69) is 47.0 Å². The predicted molar refractivity (Wildman–Crippen MR) is 114 cm³/mol. The molecule has 0 atom stereocenters. The molecule has 132 valence electrons. The van der Waals surface area contributed by atoms with Gasteiger partial charge in [0, 0.05) is 17.0 Å². The van der Waals surface area contributed by atoms with E-state index in [1.165, 1.54) is 10.4 Å². The zero-order chi connectivity index (χ0) is 16.5. The Bertz CT molecular complexity index is 643. The second-order valence-corrected chi connectivity index (χ2v) is 6.12. The van der Waals surface area contributed by atoms with Crippen molar-refractivity contribution >= 4 is 41.3 Å². The summed E-state index contributed by atoms with van der Waals surface area (Å²) < 4.78 is 5.66. The highest BCUT2D eigenvalue weighted by molar-refractivity contribution is 14.0. The zero-order valence-electron chi connectivity index (χ0n) is 14.5. The number of nitrogens with one attached hydrogen (secondary N) is 2. The van der Waals surface area contributed by atoms with Gasteiger partial charge >= 0.3 is 0 Å². The maximum atomic E-state index is 5.66. The lowest BCUT2D eigenvalue weighted by atomic mass is 10.2. The maximum Gasteiger partial charge on any atom is 0.191 e. The number of guanidine groups is 1. The minimum atomic E-state index is 0. The topological polar surface area (TPSA) is 45.7 Å². The van der Waals surface area contributed by atoms with E-state index in [1.54, 1.807) is 11.3 Å². The number of thiophene rings is 1. The van der Waals surface area contributed by atoms with Crippen LogP contribution in [-0.2, 0) is 13.1 Å². The molecule has 6 heteroatoms. The fourth-order valence-electron chi connectivity index (χ4n) is 2.19. The van der Waals surface area contributed by atoms with Crippen LogP contribution in [0.25, 0.3) is 0 Å². The third-order valence-electron chi connectivity index (χ3n) is 3.41. The molecule has 2 rings (SSSR count). The van der Waals surface area contributed by atoms with Crippen LogP contribution in [0.1, 0.15) is 29.9 Å². The molecule has 0 spiro atoms. The van der Waals surface area contributed by atoms with Gasteiger partial charge in [-0.25, -0.2) is 4.99 Å². The SMILES string of the molecule is CCNC(=NCc1ccccc1OCC)NCc1sccc1C.I. The van der Waals surface area contributed by atoms with Crippen LogP contribution in [0.3, 0.4) is 0 Å². The van der Waals surface area contributed by atoms with Crippen molar-refractivity contribution in [1.29, 1.82) is 0 Å². The summed E-state index contributed by atoms with van der Waals surface area (Å²) in [6.07, 6.45) is 0. The van der Waals surface area contributed by atoms with Gasteiger partial charge in [-0.05, 0) is 43.8 Å². The Morgan fingerprint density at radius 1 is 1.17 bits per heavy atom. The van der Waals surface area contributed by atoms with Gasteiger partial charge in [0.1, 0.15) is 5.75 Å². The van der Waals surface area contributed by atoms with Gasteiger partial charge in [-0.3, -0.25) is 0 Å². The van der Waals surface area contributed by atoms with E-state index in [1.807, 2.05) is 25.1 Å². The second-order valence-electron chi connectivity index (χ2n) is 5.12. The minimum Gasteiger partial charge on any atom is -0.494 e. The Morgan fingerprint density at radius 3 is 2.62 bits per heavy atom. The number of para-hydroxylation sites is 1. The molecule has 1 aromatic heterocycles. The Morgan fingerprint density at radius 2 is 1.96 bits per heavy atom. The number of aliphatic imine (C=N–C) groups is 1. The molecule has 24 heavy (non-hydrogen) atoms. The van der Waals surface area contributed by atoms with E-state index >= 15 is 0 Å². The fraction of sp³-hybridized carbons (Fsp3) is 0.389. The summed E-state index contributed by atoms with van der Waals surface area (Å²) in [6.45, 7) is 9.09. The number of rotatable bonds is 7. The van der Waals surface area contributed by atoms with Crippen molar-refractivity contribution in [2.45, 2.75) is 33.9 Å². The highest BCUT2D eigenvalue weighted by Crippen LogP contribution is 2.19. The first-order chi connectivity index (χ1) is 11.2. The number of hydrogen-bond acceptors (Lipinski definition) is 3. The van der Waals surface area contributed by atoms with Crippen LogP contribution >= 0.6 is 35.3 Å². The maximum absolute atomic E-state index is 5.66. The van der Waals surface area contributed by atoms with Crippen LogP contribution in [0.5, 0.6) is 5.75 Å². The van der Waals surface area contributed by atoms with E-state index < -0.39 is 0 Å². The third kappa shape index (κ3) is 6.32. The first kappa shape index (κ1) is 20.8. The van der Waals surface area contributed by atoms with Crippen LogP contribution in [0, 0.1) is 6.92 Å². The van der Waals surface area contributed by atoms with Crippen molar-refractivity contribution in [3.8, 4) is 5.75 Å². The lowest BCUT2D eigenvalue weighted by Gasteiger charge is -2.12. The first-order valence-corrected chi connectivity index (χ1v) is 8.88. The van der Waals surface area contributed by atoms with Crippen LogP contribution < -0.4 is 15.4 Å². The van der Waals surface area contributed by atoms with Gasteiger partial charge in [0.15, 0.2) is 5.96 Å². The van der Waals surface area contributed by atoms with Crippen LogP contribution in [-0.4, -0.2) is 19.1 Å². The van der Waals surface area contributed by atoms with Crippen LogP contribution in [0.4, 0.5) is 0 Å². The second kappa shape index (κ2) is 11.3. The third-order valence-corrected chi connectivity index (χ3v) is 4.43. The molecule has 0 aliphatic heterocycles. The van der Waals surface area contributed by atoms with Gasteiger partial charge in [-0.1, -0.05) is 18.2 Å². The van der Waals surface area contributed by atoms with E-state index in [4.69, 9.17) is 4.74 Å². The number of halogens is 1. The molecule has 0 unspecified atom stereocenters. The van der Waals surface area contributed by atoms with Gasteiger partial charge in [-0.2, -0.15) is 0 Å². The highest BCUT2D eigenvalue weighted by Gasteiger charge is 2.04. The van der Waals surface area contributed by atoms with Gasteiger partial charge in [-0.15, -0.1) is 35.3 Å². The average molecular weight is 459 g/mol. The molecular formula is C18H26IN3OS. The summed E-state index contributed by atoms with van der Waals surface area (Å²) in [5, 5.41) is 8.80. The summed E-state index contributed by atoms with van der Waals surface area (Å²) in [5.41, 5.74) is 2.42. The largest absolute Gasteiger partial charge is 0.494 e. The fourth-order valence-corrected chi connectivity index (χ4v) is 3.03. The zero-order valence-corrected chi connectivity index (χ0v) is 17.6. The number of nitrogens with zero attached hydrogens (tertiary/aromatic N) is 1. The molecule has 0 bridgehead atoms. The molecule has 2 N–H and O–H groups in total. The van der Waals surface area contributed by atoms with Crippen molar-refractivity contribution in [2.24, 2.45) is 4.99 Å². The Balaban J connectivity index is 0.00000288. The molecule has 0 aliphatic carbocycles. The molecule has 0 radical (unpaired) electrons. The number of benzene rings is 1. The molecule has 0 aliphatic rings. The summed E-state index contributed by atoms with van der Waals surface area (Å²) in [4.78, 5) is 6.01. The van der Waals surface area contributed by atoms with Gasteiger partial charge in [0.05, 0.1) is 19.7 Å². The van der Waals surface area contributed by atoms with Crippen molar-refractivity contribution in [3.05, 3.63) is 51.7 Å². The molecule has 4 nitrogen and oxygen atoms in total. The average Bonchev–Trinajstić information content (AvgIpc) is 2.97. The standard InChI is InChI=1S/C18H25N3OS.HI/c1-4-19-18(21-13-17-14(3)10-11-23-17)20-12-15-8-6-7-9-16(15)22-5-2;/h6-11H,4-5,12-13H2,1-3H3,(H2,19,20,21);1H. The summed E-state index contributed by atoms with van der Waals surface area (Å²) >= 11 is 1.77. The van der Waals surface area contributed by atoms with Gasteiger partial charge in [0.25, 0.3) is 0 Å². The number of hydrogen-bond donors (Lipinski definition) is 2. The van der Waals surface area contributed by atoms with Crippen molar-refractivity contribution < 1.29 is 4.74 Å². The van der Waals surface area contributed by atoms with E-state index in [-0.39, 0.29) is 24.0 Å². The smallest absolute Gasteiger partial charge is 0.191 e. The lowest BCUT2D eigenvalue weighted by Crippen LogP contribution is -2.36. The van der Waals surface area contributed by atoms with Crippen LogP contribution in [0.2, 0.25) is 0 Å². The monoisotopic (exact) mass is 459 g/mol. The first-order valence-electron chi connectivity index (χ1n) is 8.00. The number of ether oxygens (including phenoxy) is 1. The van der Waals surface area contributed by atoms with Gasteiger partial charge in [0.2, 0.25) is 0 Å². The predicted octanol–water partition coefficient (Wildman–Crippen LogP) is 4.33. The molecule has 1 heterocycles. The molecular weight excluding hydrogens is 433 g/mol.